The van der Waals surface area contributed by atoms with E-state index in [-0.39, 0.29) is 5.91 Å². The minimum atomic E-state index is -1.03. The molecule has 0 aromatic carbocycles. The van der Waals surface area contributed by atoms with Gasteiger partial charge in [0, 0.05) is 19.1 Å². The first-order valence-corrected chi connectivity index (χ1v) is 5.85. The molecule has 1 aliphatic rings. The molecule has 0 aromatic heterocycles. The molecular formula is C11H24N2O2. The second-order valence-electron chi connectivity index (χ2n) is 3.69. The van der Waals surface area contributed by atoms with Gasteiger partial charge in [-0.3, -0.25) is 4.79 Å². The highest BCUT2D eigenvalue weighted by molar-refractivity contribution is 5.81. The van der Waals surface area contributed by atoms with E-state index in [9.17, 15) is 9.90 Å². The van der Waals surface area contributed by atoms with Crippen LogP contribution >= 0.6 is 0 Å². The highest BCUT2D eigenvalue weighted by atomic mass is 16.3. The lowest BCUT2D eigenvalue weighted by molar-refractivity contribution is -0.141. The van der Waals surface area contributed by atoms with Gasteiger partial charge in [0.2, 0.25) is 0 Å². The first-order valence-electron chi connectivity index (χ1n) is 5.85. The molecule has 3 N–H and O–H groups in total. The second-order valence-corrected chi connectivity index (χ2v) is 3.69. The van der Waals surface area contributed by atoms with E-state index >= 15 is 0 Å². The fourth-order valence-corrected chi connectivity index (χ4v) is 1.53. The molecule has 4 nitrogen and oxygen atoms in total. The predicted molar refractivity (Wildman–Crippen MR) is 61.4 cm³/mol. The van der Waals surface area contributed by atoms with Crippen LogP contribution in [0.25, 0.3) is 0 Å². The van der Waals surface area contributed by atoms with Crippen LogP contribution in [0, 0.1) is 0 Å². The maximum Gasteiger partial charge on any atom is 0.253 e. The van der Waals surface area contributed by atoms with Gasteiger partial charge in [-0.15, -0.1) is 0 Å². The van der Waals surface area contributed by atoms with Crippen LogP contribution in [0.3, 0.4) is 0 Å². The van der Waals surface area contributed by atoms with Gasteiger partial charge in [0.05, 0.1) is 0 Å². The molecule has 0 radical (unpaired) electrons. The summed E-state index contributed by atoms with van der Waals surface area (Å²) in [5.74, 6) is -0.213. The molecule has 15 heavy (non-hydrogen) atoms. The molecule has 1 amide bonds. The number of amides is 1. The van der Waals surface area contributed by atoms with Crippen molar-refractivity contribution in [2.45, 2.75) is 52.2 Å². The van der Waals surface area contributed by atoms with E-state index < -0.39 is 12.1 Å². The summed E-state index contributed by atoms with van der Waals surface area (Å²) in [5, 5.41) is 9.43. The van der Waals surface area contributed by atoms with Gasteiger partial charge in [-0.05, 0) is 26.2 Å². The Hall–Kier alpha value is -0.610. The largest absolute Gasteiger partial charge is 0.382 e. The number of rotatable bonds is 2. The number of likely N-dealkylation sites (tertiary alicyclic amines) is 1. The zero-order valence-electron chi connectivity index (χ0n) is 10.1. The zero-order chi connectivity index (χ0) is 11.8. The summed E-state index contributed by atoms with van der Waals surface area (Å²) in [6, 6.07) is -0.477. The average Bonchev–Trinajstić information content (AvgIpc) is 2.31. The Bertz CT molecular complexity index is 177. The van der Waals surface area contributed by atoms with E-state index in [4.69, 9.17) is 5.73 Å². The lowest BCUT2D eigenvalue weighted by atomic mass is 10.1. The van der Waals surface area contributed by atoms with Crippen molar-refractivity contribution < 1.29 is 9.90 Å². The van der Waals surface area contributed by atoms with Crippen LogP contribution in [0.4, 0.5) is 0 Å². The Morgan fingerprint density at radius 1 is 1.27 bits per heavy atom. The Morgan fingerprint density at radius 2 is 1.73 bits per heavy atom. The van der Waals surface area contributed by atoms with E-state index in [1.165, 1.54) is 6.42 Å². The number of aliphatic hydroxyl groups excluding tert-OH is 1. The van der Waals surface area contributed by atoms with Gasteiger partial charge in [-0.2, -0.15) is 0 Å². The Balaban J connectivity index is 0.000000921. The number of nitrogens with two attached hydrogens (primary N) is 1. The Labute approximate surface area is 92.4 Å². The lowest BCUT2D eigenvalue weighted by Crippen LogP contribution is -2.48. The highest BCUT2D eigenvalue weighted by Crippen LogP contribution is 2.10. The fourth-order valence-electron chi connectivity index (χ4n) is 1.53. The maximum absolute atomic E-state index is 11.5. The SMILES string of the molecule is CC.C[C@@H](N)[C@@H](O)C(=O)N1CCCCC1. The van der Waals surface area contributed by atoms with E-state index in [1.54, 1.807) is 11.8 Å². The third-order valence-electron chi connectivity index (χ3n) is 2.42. The molecule has 1 heterocycles. The van der Waals surface area contributed by atoms with Gasteiger partial charge in [-0.25, -0.2) is 0 Å². The fraction of sp³-hybridized carbons (Fsp3) is 0.909. The van der Waals surface area contributed by atoms with Gasteiger partial charge in [0.25, 0.3) is 5.91 Å². The summed E-state index contributed by atoms with van der Waals surface area (Å²) < 4.78 is 0. The number of piperidine rings is 1. The molecule has 2 atom stereocenters. The summed E-state index contributed by atoms with van der Waals surface area (Å²) >= 11 is 0. The van der Waals surface area contributed by atoms with Crippen LogP contribution in [-0.2, 0) is 4.79 Å². The van der Waals surface area contributed by atoms with Crippen molar-refractivity contribution >= 4 is 5.91 Å². The van der Waals surface area contributed by atoms with E-state index in [0.717, 1.165) is 25.9 Å². The minimum Gasteiger partial charge on any atom is -0.382 e. The van der Waals surface area contributed by atoms with Gasteiger partial charge in [-0.1, -0.05) is 13.8 Å². The lowest BCUT2D eigenvalue weighted by Gasteiger charge is -2.29. The minimum absolute atomic E-state index is 0.213. The number of hydrogen-bond acceptors (Lipinski definition) is 3. The zero-order valence-corrected chi connectivity index (χ0v) is 10.1. The molecular weight excluding hydrogens is 192 g/mol. The van der Waals surface area contributed by atoms with Crippen LogP contribution in [0.2, 0.25) is 0 Å². The molecule has 4 heteroatoms. The molecule has 90 valence electrons. The maximum atomic E-state index is 11.5. The molecule has 0 aliphatic carbocycles. The van der Waals surface area contributed by atoms with Crippen molar-refractivity contribution in [1.82, 2.24) is 4.90 Å². The van der Waals surface area contributed by atoms with Crippen molar-refractivity contribution in [3.8, 4) is 0 Å². The quantitative estimate of drug-likeness (QED) is 0.715. The summed E-state index contributed by atoms with van der Waals surface area (Å²) in [5.41, 5.74) is 5.45. The third kappa shape index (κ3) is 4.62. The van der Waals surface area contributed by atoms with Crippen LogP contribution in [0.15, 0.2) is 0 Å². The Morgan fingerprint density at radius 3 is 2.13 bits per heavy atom. The van der Waals surface area contributed by atoms with Crippen LogP contribution in [0.1, 0.15) is 40.0 Å². The topological polar surface area (TPSA) is 66.6 Å². The van der Waals surface area contributed by atoms with E-state index in [2.05, 4.69) is 0 Å². The summed E-state index contributed by atoms with van der Waals surface area (Å²) in [7, 11) is 0. The highest BCUT2D eigenvalue weighted by Gasteiger charge is 2.25. The van der Waals surface area contributed by atoms with E-state index in [1.807, 2.05) is 13.8 Å². The normalized spacial score (nSPS) is 19.9. The molecule has 1 fully saturated rings. The van der Waals surface area contributed by atoms with Gasteiger partial charge < -0.3 is 15.7 Å². The van der Waals surface area contributed by atoms with Gasteiger partial charge >= 0.3 is 0 Å². The number of carbonyl (C=O) groups excluding carboxylic acids is 1. The van der Waals surface area contributed by atoms with Crippen LogP contribution in [-0.4, -0.2) is 41.1 Å². The summed E-state index contributed by atoms with van der Waals surface area (Å²) in [4.78, 5) is 13.2. The molecule has 1 saturated heterocycles. The first-order chi connectivity index (χ1) is 7.13. The molecule has 1 rings (SSSR count). The number of carbonyl (C=O) groups is 1. The number of nitrogens with zero attached hydrogens (tertiary/aromatic N) is 1. The smallest absolute Gasteiger partial charge is 0.253 e. The standard InChI is InChI=1S/C9H18N2O2.C2H6/c1-7(10)8(12)9(13)11-5-3-2-4-6-11;1-2/h7-8,12H,2-6,10H2,1H3;1-2H3/t7-,8-;/m1./s1. The molecule has 0 spiro atoms. The monoisotopic (exact) mass is 216 g/mol. The molecule has 0 unspecified atom stereocenters. The van der Waals surface area contributed by atoms with Crippen LogP contribution < -0.4 is 5.73 Å². The predicted octanol–water partition coefficient (Wildman–Crippen LogP) is 0.733. The van der Waals surface area contributed by atoms with Crippen molar-refractivity contribution in [2.75, 3.05) is 13.1 Å². The summed E-state index contributed by atoms with van der Waals surface area (Å²) in [6.07, 6.45) is 2.23. The molecule has 0 saturated carbocycles. The van der Waals surface area contributed by atoms with Crippen molar-refractivity contribution in [3.05, 3.63) is 0 Å². The van der Waals surface area contributed by atoms with Crippen molar-refractivity contribution in [1.29, 1.82) is 0 Å². The van der Waals surface area contributed by atoms with Gasteiger partial charge in [0.15, 0.2) is 0 Å². The number of hydrogen-bond donors (Lipinski definition) is 2. The average molecular weight is 216 g/mol. The first kappa shape index (κ1) is 14.4. The van der Waals surface area contributed by atoms with Crippen molar-refractivity contribution in [3.63, 3.8) is 0 Å². The molecule has 1 aliphatic heterocycles. The third-order valence-corrected chi connectivity index (χ3v) is 2.42. The molecule has 0 bridgehead atoms. The van der Waals surface area contributed by atoms with E-state index in [0.29, 0.717) is 0 Å². The van der Waals surface area contributed by atoms with Crippen molar-refractivity contribution in [2.24, 2.45) is 5.73 Å². The Kier molecular flexibility index (Phi) is 7.34. The summed E-state index contributed by atoms with van der Waals surface area (Å²) in [6.45, 7) is 7.18. The number of aliphatic hydroxyl groups is 1. The molecule has 0 aromatic rings. The van der Waals surface area contributed by atoms with Gasteiger partial charge in [0.1, 0.15) is 6.10 Å². The van der Waals surface area contributed by atoms with Crippen LogP contribution in [0.5, 0.6) is 0 Å². The second kappa shape index (κ2) is 7.65.